The van der Waals surface area contributed by atoms with Gasteiger partial charge in [0.05, 0.1) is 28.0 Å². The van der Waals surface area contributed by atoms with E-state index >= 15 is 0 Å². The van der Waals surface area contributed by atoms with Crippen LogP contribution in [0.2, 0.25) is 0 Å². The Labute approximate surface area is 163 Å². The number of rotatable bonds is 4. The number of nitriles is 1. The molecule has 0 unspecified atom stereocenters. The van der Waals surface area contributed by atoms with Gasteiger partial charge in [0.1, 0.15) is 11.6 Å². The number of nitrogens with zero attached hydrogens (tertiary/aromatic N) is 4. The zero-order valence-corrected chi connectivity index (χ0v) is 15.6. The Morgan fingerprint density at radius 1 is 1.15 bits per heavy atom. The lowest BCUT2D eigenvalue weighted by molar-refractivity contribution is 0.630. The number of fused-ring (bicyclic) bond motifs is 1. The summed E-state index contributed by atoms with van der Waals surface area (Å²) < 4.78 is 16.6. The predicted octanol–water partition coefficient (Wildman–Crippen LogP) is 4.78. The van der Waals surface area contributed by atoms with E-state index < -0.39 is 0 Å². The first-order valence-electron chi connectivity index (χ1n) is 8.18. The van der Waals surface area contributed by atoms with Gasteiger partial charge in [-0.15, -0.1) is 0 Å². The number of halogens is 2. The summed E-state index contributed by atoms with van der Waals surface area (Å²) in [5.41, 5.74) is 3.16. The average Bonchev–Trinajstić information content (AvgIpc) is 3.08. The van der Waals surface area contributed by atoms with Crippen LogP contribution in [0, 0.1) is 17.1 Å². The molecule has 0 aliphatic rings. The zero-order valence-electron chi connectivity index (χ0n) is 14.0. The molecule has 4 rings (SSSR count). The van der Waals surface area contributed by atoms with Gasteiger partial charge in [0, 0.05) is 18.2 Å². The fraction of sp³-hybridized carbons (Fsp3) is 0.0500. The molecular formula is C20H13BrFN5. The number of anilines is 1. The highest BCUT2D eigenvalue weighted by Gasteiger charge is 2.13. The summed E-state index contributed by atoms with van der Waals surface area (Å²) in [4.78, 5) is 4.54. The van der Waals surface area contributed by atoms with Crippen molar-refractivity contribution in [2.75, 3.05) is 5.32 Å². The fourth-order valence-corrected chi connectivity index (χ4v) is 3.11. The van der Waals surface area contributed by atoms with Crippen LogP contribution in [0.5, 0.6) is 0 Å². The summed E-state index contributed by atoms with van der Waals surface area (Å²) in [6.07, 6.45) is 1.65. The quantitative estimate of drug-likeness (QED) is 0.514. The van der Waals surface area contributed by atoms with Crippen molar-refractivity contribution in [2.45, 2.75) is 6.54 Å². The number of benzene rings is 2. The van der Waals surface area contributed by atoms with Gasteiger partial charge < -0.3 is 5.32 Å². The van der Waals surface area contributed by atoms with E-state index in [2.05, 4.69) is 37.4 Å². The zero-order chi connectivity index (χ0) is 18.8. The van der Waals surface area contributed by atoms with Crippen molar-refractivity contribution in [3.8, 4) is 17.3 Å². The van der Waals surface area contributed by atoms with E-state index in [9.17, 15) is 4.39 Å². The fourth-order valence-electron chi connectivity index (χ4n) is 2.76. The molecule has 5 nitrogen and oxygen atoms in total. The Bertz CT molecular complexity index is 1160. The molecule has 0 aliphatic carbocycles. The molecular weight excluding hydrogens is 409 g/mol. The number of aromatic nitrogens is 3. The maximum atomic E-state index is 14.2. The highest BCUT2D eigenvalue weighted by Crippen LogP contribution is 2.27. The first kappa shape index (κ1) is 17.2. The molecule has 2 heterocycles. The van der Waals surface area contributed by atoms with Gasteiger partial charge in [-0.25, -0.2) is 9.37 Å². The van der Waals surface area contributed by atoms with Crippen LogP contribution < -0.4 is 5.32 Å². The molecule has 0 atom stereocenters. The largest absolute Gasteiger partial charge is 0.366 e. The van der Waals surface area contributed by atoms with Crippen molar-refractivity contribution in [3.05, 3.63) is 82.2 Å². The maximum absolute atomic E-state index is 14.2. The third-order valence-electron chi connectivity index (χ3n) is 4.14. The van der Waals surface area contributed by atoms with Crippen LogP contribution >= 0.6 is 15.9 Å². The van der Waals surface area contributed by atoms with E-state index in [-0.39, 0.29) is 5.82 Å². The SMILES string of the molecule is N#Cc1ccc(CNc2cc(-c3ccccc3F)nc3c(Br)cnn23)cc1. The second-order valence-electron chi connectivity index (χ2n) is 5.90. The van der Waals surface area contributed by atoms with Crippen LogP contribution in [-0.4, -0.2) is 14.6 Å². The van der Waals surface area contributed by atoms with Crippen LogP contribution in [0.1, 0.15) is 11.1 Å². The molecule has 0 fully saturated rings. The van der Waals surface area contributed by atoms with E-state index in [0.29, 0.717) is 34.8 Å². The average molecular weight is 422 g/mol. The molecule has 1 N–H and O–H groups in total. The highest BCUT2D eigenvalue weighted by molar-refractivity contribution is 9.10. The Hall–Kier alpha value is -3.24. The Balaban J connectivity index is 1.72. The molecule has 0 radical (unpaired) electrons. The molecule has 27 heavy (non-hydrogen) atoms. The Kier molecular flexibility index (Phi) is 4.57. The standard InChI is InChI=1S/C20H13BrFN5/c21-16-12-25-27-19(24-11-14-7-5-13(10-23)6-8-14)9-18(26-20(16)27)15-3-1-2-4-17(15)22/h1-9,12,24H,11H2. The van der Waals surface area contributed by atoms with E-state index in [0.717, 1.165) is 10.0 Å². The van der Waals surface area contributed by atoms with Gasteiger partial charge in [0.15, 0.2) is 5.65 Å². The molecule has 4 aromatic rings. The molecule has 132 valence electrons. The first-order chi connectivity index (χ1) is 13.2. The molecule has 2 aromatic carbocycles. The lowest BCUT2D eigenvalue weighted by Gasteiger charge is -2.11. The van der Waals surface area contributed by atoms with Gasteiger partial charge >= 0.3 is 0 Å². The van der Waals surface area contributed by atoms with Crippen molar-refractivity contribution in [1.82, 2.24) is 14.6 Å². The van der Waals surface area contributed by atoms with Crippen molar-refractivity contribution in [3.63, 3.8) is 0 Å². The monoisotopic (exact) mass is 421 g/mol. The van der Waals surface area contributed by atoms with Gasteiger partial charge in [-0.1, -0.05) is 24.3 Å². The van der Waals surface area contributed by atoms with E-state index in [1.165, 1.54) is 6.07 Å². The van der Waals surface area contributed by atoms with Crippen LogP contribution in [0.25, 0.3) is 16.9 Å². The van der Waals surface area contributed by atoms with Gasteiger partial charge in [0.2, 0.25) is 0 Å². The van der Waals surface area contributed by atoms with Crippen LogP contribution in [0.4, 0.5) is 10.2 Å². The third kappa shape index (κ3) is 3.39. The topological polar surface area (TPSA) is 66.0 Å². The smallest absolute Gasteiger partial charge is 0.172 e. The molecule has 0 amide bonds. The summed E-state index contributed by atoms with van der Waals surface area (Å²) >= 11 is 3.44. The van der Waals surface area contributed by atoms with Gasteiger partial charge in [0.25, 0.3) is 0 Å². The third-order valence-corrected chi connectivity index (χ3v) is 4.69. The van der Waals surface area contributed by atoms with Crippen LogP contribution in [-0.2, 0) is 6.54 Å². The van der Waals surface area contributed by atoms with E-state index in [4.69, 9.17) is 5.26 Å². The number of hydrogen-bond acceptors (Lipinski definition) is 4. The minimum atomic E-state index is -0.331. The summed E-state index contributed by atoms with van der Waals surface area (Å²) in [5, 5.41) is 16.5. The predicted molar refractivity (Wildman–Crippen MR) is 105 cm³/mol. The van der Waals surface area contributed by atoms with Crippen molar-refractivity contribution in [1.29, 1.82) is 5.26 Å². The van der Waals surface area contributed by atoms with Crippen LogP contribution in [0.15, 0.2) is 65.3 Å². The first-order valence-corrected chi connectivity index (χ1v) is 8.97. The van der Waals surface area contributed by atoms with E-state index in [1.807, 2.05) is 12.1 Å². The molecule has 2 aromatic heterocycles. The van der Waals surface area contributed by atoms with Crippen molar-refractivity contribution < 1.29 is 4.39 Å². The minimum absolute atomic E-state index is 0.331. The second kappa shape index (κ2) is 7.17. The summed E-state index contributed by atoms with van der Waals surface area (Å²) in [6, 6.07) is 17.7. The van der Waals surface area contributed by atoms with Gasteiger partial charge in [-0.3, -0.25) is 0 Å². The molecule has 0 saturated heterocycles. The Morgan fingerprint density at radius 2 is 1.93 bits per heavy atom. The second-order valence-corrected chi connectivity index (χ2v) is 6.75. The molecule has 0 spiro atoms. The summed E-state index contributed by atoms with van der Waals surface area (Å²) in [7, 11) is 0. The summed E-state index contributed by atoms with van der Waals surface area (Å²) in [6.45, 7) is 0.527. The maximum Gasteiger partial charge on any atom is 0.172 e. The van der Waals surface area contributed by atoms with Crippen molar-refractivity contribution >= 4 is 27.4 Å². The van der Waals surface area contributed by atoms with Gasteiger partial charge in [-0.05, 0) is 45.8 Å². The molecule has 0 aliphatic heterocycles. The minimum Gasteiger partial charge on any atom is -0.366 e. The van der Waals surface area contributed by atoms with E-state index in [1.54, 1.807) is 47.1 Å². The highest BCUT2D eigenvalue weighted by atomic mass is 79.9. The lowest BCUT2D eigenvalue weighted by Crippen LogP contribution is -2.07. The Morgan fingerprint density at radius 3 is 2.67 bits per heavy atom. The molecule has 0 saturated carbocycles. The van der Waals surface area contributed by atoms with Gasteiger partial charge in [-0.2, -0.15) is 14.9 Å². The summed E-state index contributed by atoms with van der Waals surface area (Å²) in [5.74, 6) is 0.358. The van der Waals surface area contributed by atoms with Crippen LogP contribution in [0.3, 0.4) is 0 Å². The number of hydrogen-bond donors (Lipinski definition) is 1. The molecule has 0 bridgehead atoms. The lowest BCUT2D eigenvalue weighted by atomic mass is 10.1. The normalized spacial score (nSPS) is 10.7. The van der Waals surface area contributed by atoms with Crippen molar-refractivity contribution in [2.24, 2.45) is 0 Å². The molecule has 7 heteroatoms. The number of nitrogens with one attached hydrogen (secondary N) is 1.